The summed E-state index contributed by atoms with van der Waals surface area (Å²) in [7, 11) is 0. The van der Waals surface area contributed by atoms with Crippen LogP contribution in [0.25, 0.3) is 0 Å². The number of hydrazone groups is 1. The predicted octanol–water partition coefficient (Wildman–Crippen LogP) is 3.86. The molecule has 0 amide bonds. The zero-order valence-corrected chi connectivity index (χ0v) is 20.4. The number of aliphatic hydroxyl groups excluding tert-OH is 1. The van der Waals surface area contributed by atoms with Crippen LogP contribution >= 0.6 is 0 Å². The van der Waals surface area contributed by atoms with E-state index in [-0.39, 0.29) is 23.4 Å². The van der Waals surface area contributed by atoms with Crippen molar-refractivity contribution in [3.05, 3.63) is 30.3 Å². The first-order valence-corrected chi connectivity index (χ1v) is 12.9. The van der Waals surface area contributed by atoms with Crippen LogP contribution < -0.4 is 10.7 Å². The molecule has 4 fully saturated rings. The van der Waals surface area contributed by atoms with Crippen molar-refractivity contribution in [3.8, 4) is 0 Å². The molecule has 0 aromatic heterocycles. The van der Waals surface area contributed by atoms with Crippen LogP contribution in [0.2, 0.25) is 0 Å². The molecule has 4 aliphatic rings. The maximum atomic E-state index is 12.2. The van der Waals surface area contributed by atoms with Crippen LogP contribution in [0.5, 0.6) is 0 Å². The topological polar surface area (TPSA) is 121 Å². The lowest BCUT2D eigenvalue weighted by atomic mass is 9.43. The van der Waals surface area contributed by atoms with Gasteiger partial charge in [0.05, 0.1) is 17.9 Å². The summed E-state index contributed by atoms with van der Waals surface area (Å²) in [5.41, 5.74) is 0.790. The third kappa shape index (κ3) is 3.50. The summed E-state index contributed by atoms with van der Waals surface area (Å²) in [6, 6.07) is 9.43. The number of rotatable bonds is 3. The molecule has 8 atom stereocenters. The Hall–Kier alpha value is -1.96. The van der Waals surface area contributed by atoms with Crippen LogP contribution in [0.4, 0.5) is 5.69 Å². The van der Waals surface area contributed by atoms with Crippen molar-refractivity contribution in [3.63, 3.8) is 0 Å². The monoisotopic (exact) mass is 468 g/mol. The number of hydrogen-bond acceptors (Lipinski definition) is 5. The Labute approximate surface area is 202 Å². The molecule has 4 saturated carbocycles. The second kappa shape index (κ2) is 8.32. The molecule has 7 heteroatoms. The van der Waals surface area contributed by atoms with E-state index in [0.717, 1.165) is 50.6 Å². The van der Waals surface area contributed by atoms with E-state index in [1.54, 1.807) is 0 Å². The van der Waals surface area contributed by atoms with Gasteiger partial charge in [0.1, 0.15) is 5.60 Å². The minimum Gasteiger partial charge on any atom is -0.393 e. The molecule has 34 heavy (non-hydrogen) atoms. The quantitative estimate of drug-likeness (QED) is 0.229. The highest BCUT2D eigenvalue weighted by Crippen LogP contribution is 2.69. The number of nitrogens with zero attached hydrogens (tertiary/aromatic N) is 1. The van der Waals surface area contributed by atoms with Gasteiger partial charge in [-0.05, 0) is 93.1 Å². The first-order valence-electron chi connectivity index (χ1n) is 12.9. The van der Waals surface area contributed by atoms with Gasteiger partial charge in [-0.1, -0.05) is 32.0 Å². The van der Waals surface area contributed by atoms with Gasteiger partial charge in [0.25, 0.3) is 0 Å². The molecule has 5 rings (SSSR count). The molecule has 0 bridgehead atoms. The summed E-state index contributed by atoms with van der Waals surface area (Å²) < 4.78 is 0. The highest BCUT2D eigenvalue weighted by molar-refractivity contribution is 5.91. The molecule has 1 aromatic rings. The smallest absolute Gasteiger partial charge is 0.213 e. The first-order chi connectivity index (χ1) is 16.1. The van der Waals surface area contributed by atoms with Crippen molar-refractivity contribution < 1.29 is 15.3 Å². The molecule has 0 heterocycles. The SMILES string of the molecule is C[C@]12CC[C@H](O)C[C@H]1CC[C@@H]1[C@@H]2CC[C@]2(C)[C@@](O)(/C=N/NC(=N)Nc3ccccc3)CC[C@]12O. The fraction of sp³-hybridized carbons (Fsp3) is 0.704. The molecule has 0 spiro atoms. The molecule has 7 nitrogen and oxygen atoms in total. The van der Waals surface area contributed by atoms with Gasteiger partial charge in [-0.25, -0.2) is 5.43 Å². The maximum Gasteiger partial charge on any atom is 0.213 e. The number of guanidine groups is 1. The van der Waals surface area contributed by atoms with Crippen LogP contribution in [0.3, 0.4) is 0 Å². The normalized spacial score (nSPS) is 45.8. The second-order valence-electron chi connectivity index (χ2n) is 11.9. The molecule has 0 radical (unpaired) electrons. The van der Waals surface area contributed by atoms with Crippen molar-refractivity contribution >= 4 is 17.9 Å². The largest absolute Gasteiger partial charge is 0.393 e. The van der Waals surface area contributed by atoms with Crippen molar-refractivity contribution in [2.24, 2.45) is 33.7 Å². The van der Waals surface area contributed by atoms with E-state index >= 15 is 0 Å². The summed E-state index contributed by atoms with van der Waals surface area (Å²) in [6.45, 7) is 4.43. The van der Waals surface area contributed by atoms with Gasteiger partial charge in [-0.2, -0.15) is 5.10 Å². The summed E-state index contributed by atoms with van der Waals surface area (Å²) in [5, 5.41) is 49.5. The van der Waals surface area contributed by atoms with Gasteiger partial charge < -0.3 is 20.6 Å². The van der Waals surface area contributed by atoms with Crippen molar-refractivity contribution in [2.45, 2.75) is 88.9 Å². The third-order valence-electron chi connectivity index (χ3n) is 10.5. The van der Waals surface area contributed by atoms with Crippen molar-refractivity contribution in [1.29, 1.82) is 5.41 Å². The van der Waals surface area contributed by atoms with E-state index in [1.807, 2.05) is 37.3 Å². The van der Waals surface area contributed by atoms with E-state index in [9.17, 15) is 15.3 Å². The predicted molar refractivity (Wildman–Crippen MR) is 134 cm³/mol. The summed E-state index contributed by atoms with van der Waals surface area (Å²) in [6.07, 6.45) is 8.89. The van der Waals surface area contributed by atoms with Crippen LogP contribution in [-0.4, -0.2) is 44.8 Å². The molecule has 186 valence electrons. The molecule has 4 aliphatic carbocycles. The van der Waals surface area contributed by atoms with Crippen LogP contribution in [-0.2, 0) is 0 Å². The number of hydrogen-bond donors (Lipinski definition) is 6. The van der Waals surface area contributed by atoms with Crippen LogP contribution in [0.1, 0.15) is 71.6 Å². The van der Waals surface area contributed by atoms with Gasteiger partial charge in [-0.15, -0.1) is 0 Å². The molecule has 0 saturated heterocycles. The minimum absolute atomic E-state index is 0.0268. The molecule has 6 N–H and O–H groups in total. The zero-order chi connectivity index (χ0) is 24.2. The van der Waals surface area contributed by atoms with E-state index in [0.29, 0.717) is 24.7 Å². The Balaban J connectivity index is 1.32. The van der Waals surface area contributed by atoms with Gasteiger partial charge in [0, 0.05) is 11.1 Å². The highest BCUT2D eigenvalue weighted by Gasteiger charge is 2.71. The van der Waals surface area contributed by atoms with E-state index in [4.69, 9.17) is 5.41 Å². The lowest BCUT2D eigenvalue weighted by Crippen LogP contribution is -2.65. The maximum absolute atomic E-state index is 12.2. The van der Waals surface area contributed by atoms with Gasteiger partial charge in [-0.3, -0.25) is 5.41 Å². The Morgan fingerprint density at radius 3 is 2.53 bits per heavy atom. The lowest BCUT2D eigenvalue weighted by molar-refractivity contribution is -0.223. The van der Waals surface area contributed by atoms with Crippen molar-refractivity contribution in [1.82, 2.24) is 5.43 Å². The van der Waals surface area contributed by atoms with Gasteiger partial charge in [0.2, 0.25) is 5.96 Å². The number of fused-ring (bicyclic) bond motifs is 5. The average molecular weight is 469 g/mol. The number of nitrogens with one attached hydrogen (secondary N) is 3. The number of aliphatic hydroxyl groups is 3. The second-order valence-corrected chi connectivity index (χ2v) is 11.9. The fourth-order valence-electron chi connectivity index (χ4n) is 8.36. The average Bonchev–Trinajstić information content (AvgIpc) is 3.02. The van der Waals surface area contributed by atoms with E-state index in [1.165, 1.54) is 6.21 Å². The number of anilines is 1. The van der Waals surface area contributed by atoms with Crippen LogP contribution in [0.15, 0.2) is 35.4 Å². The zero-order valence-electron chi connectivity index (χ0n) is 20.4. The third-order valence-corrected chi connectivity index (χ3v) is 10.5. The van der Waals surface area contributed by atoms with E-state index < -0.39 is 16.6 Å². The lowest BCUT2D eigenvalue weighted by Gasteiger charge is -2.64. The Morgan fingerprint density at radius 1 is 1.00 bits per heavy atom. The summed E-state index contributed by atoms with van der Waals surface area (Å²) in [4.78, 5) is 0. The number of benzene rings is 1. The molecular formula is C27H40N4O3. The standard InChI is InChI=1S/C27H40N4O3/c1-24-12-10-20(32)16-18(24)8-9-22-21(24)11-13-25(2)26(33,14-15-27(22,25)34)17-29-31-23(28)30-19-6-4-3-5-7-19/h3-7,17-18,20-22,32-34H,8-16H2,1-2H3,(H3,28,30,31)/b29-17+/t18-,20+,21+,22-,24+,25-,26+,27+/m1/s1. The summed E-state index contributed by atoms with van der Waals surface area (Å²) >= 11 is 0. The Bertz CT molecular complexity index is 956. The Morgan fingerprint density at radius 2 is 1.76 bits per heavy atom. The van der Waals surface area contributed by atoms with Gasteiger partial charge >= 0.3 is 0 Å². The molecular weight excluding hydrogens is 428 g/mol. The molecule has 0 unspecified atom stereocenters. The summed E-state index contributed by atoms with van der Waals surface area (Å²) in [5.74, 6) is 1.15. The van der Waals surface area contributed by atoms with Gasteiger partial charge in [0.15, 0.2) is 0 Å². The Kier molecular flexibility index (Phi) is 5.81. The highest BCUT2D eigenvalue weighted by atomic mass is 16.3. The van der Waals surface area contributed by atoms with E-state index in [2.05, 4.69) is 22.8 Å². The minimum atomic E-state index is -1.23. The van der Waals surface area contributed by atoms with Crippen molar-refractivity contribution in [2.75, 3.05) is 5.32 Å². The van der Waals surface area contributed by atoms with Crippen LogP contribution in [0, 0.1) is 34.0 Å². The molecule has 1 aromatic carbocycles. The number of para-hydroxylation sites is 1. The molecule has 0 aliphatic heterocycles. The first kappa shape index (κ1) is 23.8. The fourth-order valence-corrected chi connectivity index (χ4v) is 8.36.